The molecule has 0 aliphatic carbocycles. The van der Waals surface area contributed by atoms with Crippen LogP contribution in [-0.4, -0.2) is 48.6 Å². The predicted octanol–water partition coefficient (Wildman–Crippen LogP) is 1.64. The van der Waals surface area contributed by atoms with Gasteiger partial charge in [0.05, 0.1) is 4.47 Å². The Hall–Kier alpha value is -0.880. The van der Waals surface area contributed by atoms with E-state index in [2.05, 4.69) is 41.4 Å². The fraction of sp³-hybridized carbons (Fsp3) is 0.600. The van der Waals surface area contributed by atoms with Crippen LogP contribution in [0.25, 0.3) is 0 Å². The van der Waals surface area contributed by atoms with Crippen molar-refractivity contribution in [1.29, 1.82) is 0 Å². The second-order valence-electron chi connectivity index (χ2n) is 3.65. The zero-order valence-corrected chi connectivity index (χ0v) is 11.5. The van der Waals surface area contributed by atoms with Gasteiger partial charge in [-0.3, -0.25) is 0 Å². The smallest absolute Gasteiger partial charge is 0.224 e. The number of nitrogens with one attached hydrogen (secondary N) is 2. The summed E-state index contributed by atoms with van der Waals surface area (Å²) in [5.74, 6) is 1.48. The molecular weight excluding hydrogens is 270 g/mol. The van der Waals surface area contributed by atoms with Crippen LogP contribution < -0.4 is 10.6 Å². The lowest BCUT2D eigenvalue weighted by molar-refractivity contribution is 0.425. The van der Waals surface area contributed by atoms with Crippen molar-refractivity contribution in [2.75, 3.05) is 44.4 Å². The third-order valence-corrected chi connectivity index (χ3v) is 2.51. The minimum atomic E-state index is 0.651. The van der Waals surface area contributed by atoms with Gasteiger partial charge in [-0.15, -0.1) is 0 Å². The zero-order chi connectivity index (χ0) is 12.0. The molecule has 6 heteroatoms. The summed E-state index contributed by atoms with van der Waals surface area (Å²) in [6, 6.07) is 0. The van der Waals surface area contributed by atoms with Crippen molar-refractivity contribution in [3.8, 4) is 0 Å². The van der Waals surface area contributed by atoms with Crippen molar-refractivity contribution in [2.24, 2.45) is 0 Å². The lowest BCUT2D eigenvalue weighted by atomic mass is 10.5. The van der Waals surface area contributed by atoms with E-state index in [9.17, 15) is 0 Å². The minimum Gasteiger partial charge on any atom is -0.368 e. The van der Waals surface area contributed by atoms with Crippen LogP contribution in [0.15, 0.2) is 10.7 Å². The Bertz CT molecular complexity index is 329. The first-order valence-electron chi connectivity index (χ1n) is 5.28. The van der Waals surface area contributed by atoms with Gasteiger partial charge in [-0.2, -0.15) is 4.98 Å². The normalized spacial score (nSPS) is 10.6. The molecule has 1 aromatic heterocycles. The van der Waals surface area contributed by atoms with E-state index in [1.54, 1.807) is 6.20 Å². The Morgan fingerprint density at radius 3 is 2.75 bits per heavy atom. The quantitative estimate of drug-likeness (QED) is 0.833. The van der Waals surface area contributed by atoms with Crippen LogP contribution >= 0.6 is 15.9 Å². The Labute approximate surface area is 105 Å². The molecule has 0 unspecified atom stereocenters. The molecule has 0 bridgehead atoms. The SMILES string of the molecule is CCNc1ncc(Br)c(NCCN(C)C)n1. The number of nitrogens with zero attached hydrogens (tertiary/aromatic N) is 3. The van der Waals surface area contributed by atoms with Crippen LogP contribution in [-0.2, 0) is 0 Å². The topological polar surface area (TPSA) is 53.1 Å². The van der Waals surface area contributed by atoms with Crippen molar-refractivity contribution in [1.82, 2.24) is 14.9 Å². The molecule has 0 fully saturated rings. The molecule has 2 N–H and O–H groups in total. The number of halogens is 1. The third-order valence-electron chi connectivity index (χ3n) is 1.93. The summed E-state index contributed by atoms with van der Waals surface area (Å²) in [6.07, 6.45) is 1.75. The summed E-state index contributed by atoms with van der Waals surface area (Å²) in [7, 11) is 4.08. The first-order valence-corrected chi connectivity index (χ1v) is 6.07. The molecule has 1 aromatic rings. The highest BCUT2D eigenvalue weighted by Crippen LogP contribution is 2.19. The van der Waals surface area contributed by atoms with Gasteiger partial charge in [0, 0.05) is 25.8 Å². The number of hydrogen-bond acceptors (Lipinski definition) is 5. The Kier molecular flexibility index (Phi) is 5.48. The molecule has 0 saturated heterocycles. The molecule has 0 aromatic carbocycles. The van der Waals surface area contributed by atoms with Gasteiger partial charge in [0.25, 0.3) is 0 Å². The summed E-state index contributed by atoms with van der Waals surface area (Å²) in [4.78, 5) is 10.6. The number of anilines is 2. The summed E-state index contributed by atoms with van der Waals surface area (Å²) in [5.41, 5.74) is 0. The number of aromatic nitrogens is 2. The molecule has 0 aliphatic rings. The number of rotatable bonds is 6. The Morgan fingerprint density at radius 2 is 2.12 bits per heavy atom. The average molecular weight is 288 g/mol. The van der Waals surface area contributed by atoms with Gasteiger partial charge < -0.3 is 15.5 Å². The van der Waals surface area contributed by atoms with Crippen LogP contribution in [0.4, 0.5) is 11.8 Å². The van der Waals surface area contributed by atoms with Gasteiger partial charge in [-0.1, -0.05) is 0 Å². The summed E-state index contributed by atoms with van der Waals surface area (Å²) in [6.45, 7) is 4.66. The zero-order valence-electron chi connectivity index (χ0n) is 9.92. The van der Waals surface area contributed by atoms with Crippen molar-refractivity contribution in [3.63, 3.8) is 0 Å². The van der Waals surface area contributed by atoms with Gasteiger partial charge in [-0.25, -0.2) is 4.98 Å². The van der Waals surface area contributed by atoms with Crippen molar-refractivity contribution in [2.45, 2.75) is 6.92 Å². The van der Waals surface area contributed by atoms with Crippen molar-refractivity contribution < 1.29 is 0 Å². The highest BCUT2D eigenvalue weighted by Gasteiger charge is 2.03. The fourth-order valence-electron chi connectivity index (χ4n) is 1.13. The van der Waals surface area contributed by atoms with Gasteiger partial charge in [0.2, 0.25) is 5.95 Å². The van der Waals surface area contributed by atoms with E-state index in [0.717, 1.165) is 29.9 Å². The Balaban J connectivity index is 2.59. The highest BCUT2D eigenvalue weighted by molar-refractivity contribution is 9.10. The maximum Gasteiger partial charge on any atom is 0.224 e. The van der Waals surface area contributed by atoms with E-state index in [1.165, 1.54) is 0 Å². The van der Waals surface area contributed by atoms with Gasteiger partial charge in [0.1, 0.15) is 5.82 Å². The maximum absolute atomic E-state index is 4.36. The molecule has 0 amide bonds. The maximum atomic E-state index is 4.36. The van der Waals surface area contributed by atoms with Crippen LogP contribution in [0.1, 0.15) is 6.92 Å². The molecule has 0 saturated carbocycles. The van der Waals surface area contributed by atoms with E-state index in [0.29, 0.717) is 5.95 Å². The second kappa shape index (κ2) is 6.65. The van der Waals surface area contributed by atoms with E-state index >= 15 is 0 Å². The fourth-order valence-corrected chi connectivity index (χ4v) is 1.46. The molecule has 5 nitrogen and oxygen atoms in total. The molecule has 0 radical (unpaired) electrons. The van der Waals surface area contributed by atoms with Crippen LogP contribution in [0.2, 0.25) is 0 Å². The molecule has 0 atom stereocenters. The van der Waals surface area contributed by atoms with Crippen molar-refractivity contribution >= 4 is 27.7 Å². The number of likely N-dealkylation sites (N-methyl/N-ethyl adjacent to an activating group) is 1. The first-order chi connectivity index (χ1) is 7.63. The minimum absolute atomic E-state index is 0.651. The summed E-state index contributed by atoms with van der Waals surface area (Å²) in [5, 5.41) is 6.34. The standard InChI is InChI=1S/C10H18BrN5/c1-4-12-10-14-7-8(11)9(15-10)13-5-6-16(2)3/h7H,4-6H2,1-3H3,(H2,12,13,14,15). The summed E-state index contributed by atoms with van der Waals surface area (Å²) < 4.78 is 0.882. The van der Waals surface area contributed by atoms with Crippen molar-refractivity contribution in [3.05, 3.63) is 10.7 Å². The van der Waals surface area contributed by atoms with E-state index in [-0.39, 0.29) is 0 Å². The van der Waals surface area contributed by atoms with Crippen LogP contribution in [0.5, 0.6) is 0 Å². The van der Waals surface area contributed by atoms with E-state index in [4.69, 9.17) is 0 Å². The average Bonchev–Trinajstić information content (AvgIpc) is 2.22. The summed E-state index contributed by atoms with van der Waals surface area (Å²) >= 11 is 3.42. The molecule has 0 spiro atoms. The molecule has 90 valence electrons. The molecule has 0 aliphatic heterocycles. The van der Waals surface area contributed by atoms with Gasteiger partial charge in [-0.05, 0) is 36.9 Å². The van der Waals surface area contributed by atoms with E-state index in [1.807, 2.05) is 21.0 Å². The van der Waals surface area contributed by atoms with Crippen LogP contribution in [0.3, 0.4) is 0 Å². The Morgan fingerprint density at radius 1 is 1.38 bits per heavy atom. The monoisotopic (exact) mass is 287 g/mol. The largest absolute Gasteiger partial charge is 0.368 e. The lowest BCUT2D eigenvalue weighted by Gasteiger charge is -2.12. The van der Waals surface area contributed by atoms with Gasteiger partial charge in [0.15, 0.2) is 0 Å². The highest BCUT2D eigenvalue weighted by atomic mass is 79.9. The lowest BCUT2D eigenvalue weighted by Crippen LogP contribution is -2.21. The predicted molar refractivity (Wildman–Crippen MR) is 70.9 cm³/mol. The van der Waals surface area contributed by atoms with Gasteiger partial charge >= 0.3 is 0 Å². The third kappa shape index (κ3) is 4.32. The van der Waals surface area contributed by atoms with Crippen LogP contribution in [0, 0.1) is 0 Å². The number of hydrogen-bond donors (Lipinski definition) is 2. The first kappa shape index (κ1) is 13.2. The molecule has 1 heterocycles. The molecule has 16 heavy (non-hydrogen) atoms. The molecular formula is C10H18BrN5. The molecule has 1 rings (SSSR count). The van der Waals surface area contributed by atoms with E-state index < -0.39 is 0 Å². The second-order valence-corrected chi connectivity index (χ2v) is 4.50.